The van der Waals surface area contributed by atoms with E-state index < -0.39 is 5.60 Å². The lowest BCUT2D eigenvalue weighted by Gasteiger charge is -2.21. The molecule has 154 valence electrons. The van der Waals surface area contributed by atoms with Crippen LogP contribution in [-0.2, 0) is 22.3 Å². The van der Waals surface area contributed by atoms with Gasteiger partial charge in [0.25, 0.3) is 0 Å². The molecule has 7 nitrogen and oxygen atoms in total. The van der Waals surface area contributed by atoms with Crippen LogP contribution in [0.25, 0.3) is 0 Å². The van der Waals surface area contributed by atoms with Gasteiger partial charge in [0.2, 0.25) is 5.91 Å². The van der Waals surface area contributed by atoms with Gasteiger partial charge in [0.05, 0.1) is 17.1 Å². The average Bonchev–Trinajstić information content (AvgIpc) is 3.23. The van der Waals surface area contributed by atoms with Crippen LogP contribution in [0.15, 0.2) is 29.4 Å². The number of rotatable bonds is 7. The van der Waals surface area contributed by atoms with Gasteiger partial charge in [0, 0.05) is 38.4 Å². The molecule has 2 heterocycles. The van der Waals surface area contributed by atoms with Crippen molar-refractivity contribution in [3.8, 4) is 0 Å². The maximum Gasteiger partial charge on any atom is 0.220 e. The molecule has 0 aliphatic carbocycles. The molecule has 0 bridgehead atoms. The summed E-state index contributed by atoms with van der Waals surface area (Å²) in [4.78, 5) is 29.9. The lowest BCUT2D eigenvalue weighted by Crippen LogP contribution is -2.25. The highest BCUT2D eigenvalue weighted by molar-refractivity contribution is 6.04. The summed E-state index contributed by atoms with van der Waals surface area (Å²) in [7, 11) is 1.90. The molecule has 1 aliphatic rings. The van der Waals surface area contributed by atoms with E-state index >= 15 is 0 Å². The highest BCUT2D eigenvalue weighted by atomic mass is 16.7. The Hall–Kier alpha value is -2.96. The van der Waals surface area contributed by atoms with Gasteiger partial charge in [-0.05, 0) is 51.0 Å². The van der Waals surface area contributed by atoms with E-state index in [9.17, 15) is 9.59 Å². The number of Topliss-reactive ketones (excluding diaryl/α,β-unsaturated/α-hetero) is 1. The second kappa shape index (κ2) is 8.19. The number of ketones is 1. The topological polar surface area (TPSA) is 85.6 Å². The van der Waals surface area contributed by atoms with Gasteiger partial charge in [-0.1, -0.05) is 17.3 Å². The molecule has 29 heavy (non-hydrogen) atoms. The molecular weight excluding hydrogens is 368 g/mol. The maximum absolute atomic E-state index is 12.5. The molecule has 1 atom stereocenters. The van der Waals surface area contributed by atoms with Crippen molar-refractivity contribution in [3.63, 3.8) is 0 Å². The number of aromatic nitrogens is 2. The van der Waals surface area contributed by atoms with Crippen molar-refractivity contribution in [1.29, 1.82) is 0 Å². The first kappa shape index (κ1) is 20.8. The fourth-order valence-electron chi connectivity index (χ4n) is 3.74. The van der Waals surface area contributed by atoms with Crippen LogP contribution in [-0.4, -0.2) is 33.7 Å². The predicted octanol–water partition coefficient (Wildman–Crippen LogP) is 3.18. The van der Waals surface area contributed by atoms with E-state index in [4.69, 9.17) is 4.84 Å². The molecular formula is C22H28N4O3. The van der Waals surface area contributed by atoms with Crippen LogP contribution in [0.2, 0.25) is 0 Å². The summed E-state index contributed by atoms with van der Waals surface area (Å²) in [5.74, 6) is -0.127. The van der Waals surface area contributed by atoms with Crippen LogP contribution in [0.5, 0.6) is 0 Å². The summed E-state index contributed by atoms with van der Waals surface area (Å²) in [5.41, 5.74) is 4.63. The van der Waals surface area contributed by atoms with Gasteiger partial charge in [-0.15, -0.1) is 0 Å². The molecule has 0 radical (unpaired) electrons. The molecule has 7 heteroatoms. The first-order valence-corrected chi connectivity index (χ1v) is 9.90. The zero-order valence-corrected chi connectivity index (χ0v) is 17.7. The Labute approximate surface area is 171 Å². The predicted molar refractivity (Wildman–Crippen MR) is 111 cm³/mol. The Morgan fingerprint density at radius 1 is 1.24 bits per heavy atom. The minimum absolute atomic E-state index is 0.0277. The summed E-state index contributed by atoms with van der Waals surface area (Å²) in [6.07, 6.45) is 1.03. The third kappa shape index (κ3) is 4.39. The molecule has 2 aromatic rings. The van der Waals surface area contributed by atoms with Crippen molar-refractivity contribution in [2.45, 2.75) is 52.6 Å². The molecule has 1 unspecified atom stereocenters. The number of carbonyl (C=O) groups is 2. The number of nitrogens with zero attached hydrogens (tertiary/aromatic N) is 3. The maximum atomic E-state index is 12.5. The van der Waals surface area contributed by atoms with Crippen LogP contribution in [0.3, 0.4) is 0 Å². The Kier molecular flexibility index (Phi) is 5.86. The largest absolute Gasteiger partial charge is 0.382 e. The van der Waals surface area contributed by atoms with Crippen LogP contribution < -0.4 is 5.32 Å². The number of benzene rings is 1. The molecule has 1 aromatic heterocycles. The monoisotopic (exact) mass is 396 g/mol. The number of nitrogens with one attached hydrogen (secondary N) is 1. The van der Waals surface area contributed by atoms with Crippen LogP contribution in [0.1, 0.15) is 66.0 Å². The van der Waals surface area contributed by atoms with E-state index in [1.807, 2.05) is 63.7 Å². The summed E-state index contributed by atoms with van der Waals surface area (Å²) >= 11 is 0. The van der Waals surface area contributed by atoms with Gasteiger partial charge in [-0.2, -0.15) is 5.10 Å². The lowest BCUT2D eigenvalue weighted by atomic mass is 9.91. The highest BCUT2D eigenvalue weighted by Gasteiger charge is 2.39. The van der Waals surface area contributed by atoms with Crippen LogP contribution in [0.4, 0.5) is 0 Å². The Balaban J connectivity index is 1.71. The van der Waals surface area contributed by atoms with Gasteiger partial charge in [-0.3, -0.25) is 14.3 Å². The second-order valence-corrected chi connectivity index (χ2v) is 7.74. The van der Waals surface area contributed by atoms with Crippen molar-refractivity contribution in [3.05, 3.63) is 52.3 Å². The van der Waals surface area contributed by atoms with Gasteiger partial charge in [-0.25, -0.2) is 0 Å². The Morgan fingerprint density at radius 3 is 2.62 bits per heavy atom. The molecule has 3 rings (SSSR count). The summed E-state index contributed by atoms with van der Waals surface area (Å²) in [6.45, 7) is 8.30. The van der Waals surface area contributed by atoms with Crippen molar-refractivity contribution in [2.75, 3.05) is 6.54 Å². The summed E-state index contributed by atoms with van der Waals surface area (Å²) < 4.78 is 1.83. The molecule has 0 saturated carbocycles. The first-order chi connectivity index (χ1) is 13.7. The van der Waals surface area contributed by atoms with E-state index in [0.29, 0.717) is 18.5 Å². The quantitative estimate of drug-likeness (QED) is 0.729. The zero-order valence-electron chi connectivity index (χ0n) is 17.7. The molecule has 0 saturated heterocycles. The number of hydrogen-bond donors (Lipinski definition) is 1. The smallest absolute Gasteiger partial charge is 0.220 e. The van der Waals surface area contributed by atoms with Crippen molar-refractivity contribution in [2.24, 2.45) is 12.2 Å². The first-order valence-electron chi connectivity index (χ1n) is 9.90. The summed E-state index contributed by atoms with van der Waals surface area (Å²) in [6, 6.07) is 7.69. The normalized spacial score (nSPS) is 18.3. The van der Waals surface area contributed by atoms with Crippen molar-refractivity contribution in [1.82, 2.24) is 15.1 Å². The number of amides is 1. The van der Waals surface area contributed by atoms with Crippen LogP contribution >= 0.6 is 0 Å². The molecule has 1 aromatic carbocycles. The van der Waals surface area contributed by atoms with Crippen LogP contribution in [0, 0.1) is 13.8 Å². The fraction of sp³-hybridized carbons (Fsp3) is 0.455. The SMILES string of the molecule is CCNC(=O)CCC(=O)c1ccc(C2=NOC(C)(c3cc(C)nn3C)C2)cc1C. The van der Waals surface area contributed by atoms with Gasteiger partial charge in [0.15, 0.2) is 11.4 Å². The van der Waals surface area contributed by atoms with E-state index in [-0.39, 0.29) is 24.5 Å². The van der Waals surface area contributed by atoms with Gasteiger partial charge < -0.3 is 10.2 Å². The minimum atomic E-state index is -0.569. The standard InChI is InChI=1S/C22H28N4O3/c1-6-23-21(28)10-9-19(27)17-8-7-16(11-14(17)2)18-13-22(4,29-25-18)20-12-15(3)24-26(20)5/h7-8,11-12H,6,9-10,13H2,1-5H3,(H,23,28). The highest BCUT2D eigenvalue weighted by Crippen LogP contribution is 2.36. The number of aryl methyl sites for hydroxylation is 3. The Morgan fingerprint density at radius 2 is 2.00 bits per heavy atom. The van der Waals surface area contributed by atoms with E-state index in [1.54, 1.807) is 0 Å². The molecule has 1 aliphatic heterocycles. The van der Waals surface area contributed by atoms with E-state index in [2.05, 4.69) is 15.6 Å². The average molecular weight is 396 g/mol. The van der Waals surface area contributed by atoms with Gasteiger partial charge >= 0.3 is 0 Å². The zero-order chi connectivity index (χ0) is 21.2. The molecule has 1 N–H and O–H groups in total. The fourth-order valence-corrected chi connectivity index (χ4v) is 3.74. The molecule has 1 amide bonds. The number of carbonyl (C=O) groups excluding carboxylic acids is 2. The van der Waals surface area contributed by atoms with E-state index in [0.717, 1.165) is 28.2 Å². The molecule has 0 fully saturated rings. The third-order valence-electron chi connectivity index (χ3n) is 5.22. The van der Waals surface area contributed by atoms with Crippen molar-refractivity contribution < 1.29 is 14.4 Å². The molecule has 0 spiro atoms. The third-order valence-corrected chi connectivity index (χ3v) is 5.22. The summed E-state index contributed by atoms with van der Waals surface area (Å²) in [5, 5.41) is 11.4. The number of oxime groups is 1. The number of hydrogen-bond acceptors (Lipinski definition) is 5. The van der Waals surface area contributed by atoms with Gasteiger partial charge in [0.1, 0.15) is 0 Å². The minimum Gasteiger partial charge on any atom is -0.382 e. The Bertz CT molecular complexity index is 976. The lowest BCUT2D eigenvalue weighted by molar-refractivity contribution is -0.120. The second-order valence-electron chi connectivity index (χ2n) is 7.74. The van der Waals surface area contributed by atoms with E-state index in [1.165, 1.54) is 0 Å². The van der Waals surface area contributed by atoms with Crippen molar-refractivity contribution >= 4 is 17.4 Å².